The highest BCUT2D eigenvalue weighted by Gasteiger charge is 2.73. The van der Waals surface area contributed by atoms with Gasteiger partial charge in [-0.25, -0.2) is 0 Å². The van der Waals surface area contributed by atoms with Crippen molar-refractivity contribution in [3.63, 3.8) is 0 Å². The third-order valence-corrected chi connectivity index (χ3v) is 9.57. The number of aromatic hydroxyl groups is 1. The van der Waals surface area contributed by atoms with E-state index >= 15 is 0 Å². The zero-order valence-electron chi connectivity index (χ0n) is 19.6. The first-order valence-electron chi connectivity index (χ1n) is 12.7. The summed E-state index contributed by atoms with van der Waals surface area (Å²) >= 11 is 0. The third kappa shape index (κ3) is 2.56. The van der Waals surface area contributed by atoms with Crippen molar-refractivity contribution < 1.29 is 19.7 Å². The number of carbonyl (C=O) groups is 1. The molecule has 1 amide bonds. The Hall–Kier alpha value is -2.57. The Morgan fingerprint density at radius 2 is 1.94 bits per heavy atom. The number of phenols is 1. The first-order valence-corrected chi connectivity index (χ1v) is 12.7. The molecule has 2 N–H and O–H groups in total. The standard InChI is InChI=1S/C28H32N2O4/c1-29(26(32)18-5-3-2-4-6-18)20-11-12-28(33)22-15-19-9-10-21(31)24-23(19)27(28,25(20)34-24)13-14-30(22)16-17-7-8-17/h2-6,9-10,17,20,22,25,31,33H,7-8,11-16H2,1H3/t20-,22+,25+,27+,28-/m1/s1. The Bertz CT molecular complexity index is 1160. The first kappa shape index (κ1) is 20.8. The molecule has 1 saturated heterocycles. The zero-order valence-corrected chi connectivity index (χ0v) is 19.6. The Morgan fingerprint density at radius 1 is 1.15 bits per heavy atom. The van der Waals surface area contributed by atoms with Crippen LogP contribution >= 0.6 is 0 Å². The minimum Gasteiger partial charge on any atom is -0.504 e. The summed E-state index contributed by atoms with van der Waals surface area (Å²) in [5, 5.41) is 23.3. The van der Waals surface area contributed by atoms with Gasteiger partial charge in [-0.05, 0) is 74.8 Å². The van der Waals surface area contributed by atoms with Crippen LogP contribution in [0.5, 0.6) is 11.5 Å². The summed E-state index contributed by atoms with van der Waals surface area (Å²) in [6, 6.07) is 13.0. The minimum atomic E-state index is -0.927. The molecule has 178 valence electrons. The van der Waals surface area contributed by atoms with Crippen molar-refractivity contribution in [2.75, 3.05) is 20.1 Å². The van der Waals surface area contributed by atoms with Crippen LogP contribution in [-0.2, 0) is 11.8 Å². The summed E-state index contributed by atoms with van der Waals surface area (Å²) in [5.74, 6) is 1.40. The highest BCUT2D eigenvalue weighted by Crippen LogP contribution is 2.66. The molecule has 3 fully saturated rings. The molecule has 7 rings (SSSR count). The van der Waals surface area contributed by atoms with Gasteiger partial charge in [0, 0.05) is 30.8 Å². The van der Waals surface area contributed by atoms with Gasteiger partial charge in [-0.3, -0.25) is 9.69 Å². The summed E-state index contributed by atoms with van der Waals surface area (Å²) in [7, 11) is 1.86. The lowest BCUT2D eigenvalue weighted by Gasteiger charge is -2.64. The molecule has 2 bridgehead atoms. The fourth-order valence-electron chi connectivity index (χ4n) is 7.79. The molecule has 2 heterocycles. The zero-order chi connectivity index (χ0) is 23.2. The first-order chi connectivity index (χ1) is 16.4. The number of benzene rings is 2. The van der Waals surface area contributed by atoms with E-state index in [1.54, 1.807) is 6.07 Å². The maximum atomic E-state index is 13.4. The smallest absolute Gasteiger partial charge is 0.253 e. The van der Waals surface area contributed by atoms with Gasteiger partial charge < -0.3 is 19.8 Å². The summed E-state index contributed by atoms with van der Waals surface area (Å²) < 4.78 is 6.60. The Morgan fingerprint density at radius 3 is 2.71 bits per heavy atom. The predicted octanol–water partition coefficient (Wildman–Crippen LogP) is 3.10. The van der Waals surface area contributed by atoms with Crippen LogP contribution in [0.25, 0.3) is 0 Å². The largest absolute Gasteiger partial charge is 0.504 e. The number of nitrogens with zero attached hydrogens (tertiary/aromatic N) is 2. The number of rotatable bonds is 4. The maximum absolute atomic E-state index is 13.4. The summed E-state index contributed by atoms with van der Waals surface area (Å²) in [6.45, 7) is 1.98. The van der Waals surface area contributed by atoms with Gasteiger partial charge in [0.25, 0.3) is 5.91 Å². The fraction of sp³-hybridized carbons (Fsp3) is 0.536. The van der Waals surface area contributed by atoms with E-state index in [2.05, 4.69) is 4.90 Å². The number of likely N-dealkylation sites (N-methyl/N-ethyl adjacent to an activating group) is 1. The van der Waals surface area contributed by atoms with Crippen molar-refractivity contribution in [3.05, 3.63) is 59.2 Å². The van der Waals surface area contributed by atoms with Gasteiger partial charge in [0.15, 0.2) is 11.5 Å². The van der Waals surface area contributed by atoms with E-state index in [1.807, 2.05) is 48.3 Å². The number of amides is 1. The second kappa shape index (κ2) is 6.98. The highest BCUT2D eigenvalue weighted by molar-refractivity contribution is 5.94. The second-order valence-corrected chi connectivity index (χ2v) is 11.2. The van der Waals surface area contributed by atoms with Crippen LogP contribution in [0, 0.1) is 5.92 Å². The topological polar surface area (TPSA) is 73.2 Å². The number of aliphatic hydroxyl groups is 1. The summed E-state index contributed by atoms with van der Waals surface area (Å²) in [5.41, 5.74) is 1.32. The second-order valence-electron chi connectivity index (χ2n) is 11.2. The van der Waals surface area contributed by atoms with E-state index < -0.39 is 11.0 Å². The van der Waals surface area contributed by atoms with Crippen molar-refractivity contribution in [1.29, 1.82) is 0 Å². The molecule has 6 heteroatoms. The number of likely N-dealkylation sites (tertiary alicyclic amines) is 1. The van der Waals surface area contributed by atoms with E-state index in [4.69, 9.17) is 4.74 Å². The number of carbonyl (C=O) groups excluding carboxylic acids is 1. The van der Waals surface area contributed by atoms with Crippen LogP contribution in [-0.4, -0.2) is 69.8 Å². The van der Waals surface area contributed by atoms with E-state index in [9.17, 15) is 15.0 Å². The van der Waals surface area contributed by atoms with Crippen LogP contribution < -0.4 is 4.74 Å². The van der Waals surface area contributed by atoms with E-state index in [1.165, 1.54) is 18.4 Å². The van der Waals surface area contributed by atoms with Crippen molar-refractivity contribution >= 4 is 5.91 Å². The van der Waals surface area contributed by atoms with Gasteiger partial charge in [0.05, 0.1) is 17.1 Å². The van der Waals surface area contributed by atoms with Crippen LogP contribution in [0.4, 0.5) is 0 Å². The van der Waals surface area contributed by atoms with Crippen molar-refractivity contribution in [2.45, 2.75) is 67.7 Å². The van der Waals surface area contributed by atoms with Crippen molar-refractivity contribution in [3.8, 4) is 11.5 Å². The molecular formula is C28H32N2O4. The molecule has 34 heavy (non-hydrogen) atoms. The molecule has 5 atom stereocenters. The average Bonchev–Trinajstić information content (AvgIpc) is 3.59. The predicted molar refractivity (Wildman–Crippen MR) is 127 cm³/mol. The SMILES string of the molecule is CN(C(=O)c1ccccc1)[C@@H]1CC[C@@]2(O)[C@@H]3Cc4ccc(O)c5c4[C@@]2(CCN3CC2CC2)[C@H]1O5. The molecular weight excluding hydrogens is 428 g/mol. The van der Waals surface area contributed by atoms with Gasteiger partial charge in [-0.2, -0.15) is 0 Å². The molecule has 0 radical (unpaired) electrons. The molecule has 6 nitrogen and oxygen atoms in total. The normalized spacial score (nSPS) is 35.4. The van der Waals surface area contributed by atoms with Crippen molar-refractivity contribution in [2.24, 2.45) is 5.92 Å². The molecule has 2 aromatic rings. The minimum absolute atomic E-state index is 0.0324. The molecule has 5 aliphatic rings. The van der Waals surface area contributed by atoms with Gasteiger partial charge >= 0.3 is 0 Å². The molecule has 0 aromatic heterocycles. The monoisotopic (exact) mass is 460 g/mol. The molecule has 0 unspecified atom stereocenters. The summed E-state index contributed by atoms with van der Waals surface area (Å²) in [6.07, 6.45) is 5.08. The fourth-order valence-corrected chi connectivity index (χ4v) is 7.79. The van der Waals surface area contributed by atoms with Crippen molar-refractivity contribution in [1.82, 2.24) is 9.80 Å². The van der Waals surface area contributed by atoms with E-state index in [-0.39, 0.29) is 29.8 Å². The van der Waals surface area contributed by atoms with Gasteiger partial charge in [-0.1, -0.05) is 24.3 Å². The lowest BCUT2D eigenvalue weighted by Crippen LogP contribution is -2.78. The van der Waals surface area contributed by atoms with Crippen LogP contribution in [0.1, 0.15) is 53.6 Å². The van der Waals surface area contributed by atoms with Crippen LogP contribution in [0.2, 0.25) is 0 Å². The lowest BCUT2D eigenvalue weighted by molar-refractivity contribution is -0.197. The quantitative estimate of drug-likeness (QED) is 0.734. The molecule has 2 aliphatic heterocycles. The number of ether oxygens (including phenoxy) is 1. The number of hydrogen-bond donors (Lipinski definition) is 2. The Balaban J connectivity index is 1.33. The van der Waals surface area contributed by atoms with Gasteiger partial charge in [0.1, 0.15) is 6.10 Å². The van der Waals surface area contributed by atoms with Crippen LogP contribution in [0.15, 0.2) is 42.5 Å². The number of phenolic OH excluding ortho intramolecular Hbond substituents is 1. The highest BCUT2D eigenvalue weighted by atomic mass is 16.5. The maximum Gasteiger partial charge on any atom is 0.253 e. The molecule has 3 aliphatic carbocycles. The molecule has 1 spiro atoms. The van der Waals surface area contributed by atoms with E-state index in [0.717, 1.165) is 37.4 Å². The van der Waals surface area contributed by atoms with Gasteiger partial charge in [-0.15, -0.1) is 0 Å². The van der Waals surface area contributed by atoms with Gasteiger partial charge in [0.2, 0.25) is 0 Å². The third-order valence-electron chi connectivity index (χ3n) is 9.57. The average molecular weight is 461 g/mol. The molecule has 2 aromatic carbocycles. The van der Waals surface area contributed by atoms with E-state index in [0.29, 0.717) is 24.2 Å². The Kier molecular flexibility index (Phi) is 4.27. The van der Waals surface area contributed by atoms with Crippen LogP contribution in [0.3, 0.4) is 0 Å². The molecule has 2 saturated carbocycles. The lowest BCUT2D eigenvalue weighted by atomic mass is 9.48. The number of hydrogen-bond acceptors (Lipinski definition) is 5. The summed E-state index contributed by atoms with van der Waals surface area (Å²) in [4.78, 5) is 17.8. The Labute approximate surface area is 200 Å². The number of piperidine rings is 1.